The number of hydrogen-bond acceptors (Lipinski definition) is 0. The molecule has 0 heterocycles. The highest BCUT2D eigenvalue weighted by Gasteiger charge is 2.23. The minimum absolute atomic E-state index is 0.184. The lowest BCUT2D eigenvalue weighted by Crippen LogP contribution is -2.14. The molecule has 0 saturated carbocycles. The molecule has 0 amide bonds. The van der Waals surface area contributed by atoms with Gasteiger partial charge in [-0.25, -0.2) is 0 Å². The van der Waals surface area contributed by atoms with E-state index in [0.29, 0.717) is 0 Å². The third-order valence-corrected chi connectivity index (χ3v) is 4.68. The van der Waals surface area contributed by atoms with Gasteiger partial charge < -0.3 is 0 Å². The molecule has 0 radical (unpaired) electrons. The smallest absolute Gasteiger partial charge is 0.00358 e. The van der Waals surface area contributed by atoms with Crippen LogP contribution in [-0.4, -0.2) is 0 Å². The van der Waals surface area contributed by atoms with E-state index >= 15 is 0 Å². The molecule has 0 atom stereocenters. The Morgan fingerprint density at radius 1 is 0.714 bits per heavy atom. The maximum Gasteiger partial charge on any atom is -0.00358 e. The Hall–Kier alpha value is -1.56. The summed E-state index contributed by atoms with van der Waals surface area (Å²) >= 11 is 0. The largest absolute Gasteiger partial charge is 0.0561 e. The van der Waals surface area contributed by atoms with Crippen molar-refractivity contribution in [2.45, 2.75) is 59.3 Å². The quantitative estimate of drug-likeness (QED) is 0.457. The second-order valence-electron chi connectivity index (χ2n) is 8.46. The van der Waals surface area contributed by atoms with E-state index in [0.717, 1.165) is 0 Å². The number of hydrogen-bond donors (Lipinski definition) is 0. The minimum atomic E-state index is 0.184. The zero-order valence-electron chi connectivity index (χ0n) is 14.4. The van der Waals surface area contributed by atoms with Gasteiger partial charge in [0.05, 0.1) is 0 Å². The van der Waals surface area contributed by atoms with Gasteiger partial charge in [0.1, 0.15) is 0 Å². The van der Waals surface area contributed by atoms with Crippen LogP contribution in [0.5, 0.6) is 0 Å². The highest BCUT2D eigenvalue weighted by molar-refractivity contribution is 6.07. The summed E-state index contributed by atoms with van der Waals surface area (Å²) in [6.45, 7) is 16.1. The second-order valence-corrected chi connectivity index (χ2v) is 8.46. The van der Waals surface area contributed by atoms with Crippen molar-refractivity contribution >= 4 is 22.9 Å². The first-order valence-electron chi connectivity index (χ1n) is 7.89. The van der Waals surface area contributed by atoms with E-state index in [9.17, 15) is 0 Å². The van der Waals surface area contributed by atoms with Crippen LogP contribution in [0.25, 0.3) is 22.9 Å². The van der Waals surface area contributed by atoms with Crippen molar-refractivity contribution < 1.29 is 0 Å². The summed E-state index contributed by atoms with van der Waals surface area (Å²) in [6.07, 6.45) is 4.55. The fraction of sp³-hybridized carbons (Fsp3) is 0.429. The van der Waals surface area contributed by atoms with Crippen LogP contribution < -0.4 is 0 Å². The zero-order chi connectivity index (χ0) is 15.6. The molecule has 2 aromatic carbocycles. The average Bonchev–Trinajstić information content (AvgIpc) is 2.74. The molecule has 0 aromatic heterocycles. The van der Waals surface area contributed by atoms with E-state index in [4.69, 9.17) is 0 Å². The molecule has 0 unspecified atom stereocenters. The van der Waals surface area contributed by atoms with Crippen LogP contribution in [0.15, 0.2) is 18.2 Å². The molecule has 110 valence electrons. The van der Waals surface area contributed by atoms with E-state index in [1.807, 2.05) is 0 Å². The van der Waals surface area contributed by atoms with E-state index in [1.54, 1.807) is 0 Å². The molecular weight excluding hydrogens is 252 g/mol. The van der Waals surface area contributed by atoms with Gasteiger partial charge in [-0.1, -0.05) is 71.9 Å². The molecular formula is C21H26. The minimum Gasteiger partial charge on any atom is -0.0561 e. The maximum absolute atomic E-state index is 2.42. The van der Waals surface area contributed by atoms with Crippen molar-refractivity contribution in [1.82, 2.24) is 0 Å². The van der Waals surface area contributed by atoms with Crippen LogP contribution in [0.2, 0.25) is 0 Å². The van der Waals surface area contributed by atoms with Gasteiger partial charge in [-0.15, -0.1) is 0 Å². The molecule has 0 bridgehead atoms. The highest BCUT2D eigenvalue weighted by Crippen LogP contribution is 2.41. The van der Waals surface area contributed by atoms with Gasteiger partial charge in [-0.05, 0) is 56.3 Å². The van der Waals surface area contributed by atoms with E-state index in [-0.39, 0.29) is 10.8 Å². The third-order valence-electron chi connectivity index (χ3n) is 4.68. The number of rotatable bonds is 0. The summed E-state index contributed by atoms with van der Waals surface area (Å²) in [5.41, 5.74) is 7.48. The molecule has 21 heavy (non-hydrogen) atoms. The molecule has 1 aliphatic carbocycles. The Morgan fingerprint density at radius 3 is 1.81 bits per heavy atom. The fourth-order valence-electron chi connectivity index (χ4n) is 3.42. The summed E-state index contributed by atoms with van der Waals surface area (Å²) in [6, 6.07) is 7.17. The van der Waals surface area contributed by atoms with Crippen molar-refractivity contribution in [1.29, 1.82) is 0 Å². The third kappa shape index (κ3) is 2.21. The van der Waals surface area contributed by atoms with Gasteiger partial charge in [0, 0.05) is 0 Å². The first-order valence-corrected chi connectivity index (χ1v) is 7.89. The van der Waals surface area contributed by atoms with Crippen molar-refractivity contribution in [3.63, 3.8) is 0 Å². The fourth-order valence-corrected chi connectivity index (χ4v) is 3.42. The molecule has 0 spiro atoms. The molecule has 1 aliphatic rings. The first-order chi connectivity index (χ1) is 9.59. The molecule has 2 aromatic rings. The van der Waals surface area contributed by atoms with Gasteiger partial charge in [0.25, 0.3) is 0 Å². The van der Waals surface area contributed by atoms with Gasteiger partial charge in [-0.2, -0.15) is 0 Å². The monoisotopic (exact) mass is 278 g/mol. The van der Waals surface area contributed by atoms with Crippen LogP contribution >= 0.6 is 0 Å². The van der Waals surface area contributed by atoms with E-state index in [1.165, 1.54) is 38.6 Å². The van der Waals surface area contributed by atoms with E-state index in [2.05, 4.69) is 78.8 Å². The Bertz CT molecular complexity index is 747. The Morgan fingerprint density at radius 2 is 1.29 bits per heavy atom. The van der Waals surface area contributed by atoms with Crippen molar-refractivity contribution in [2.75, 3.05) is 0 Å². The predicted molar refractivity (Wildman–Crippen MR) is 95.0 cm³/mol. The average molecular weight is 278 g/mol. The lowest BCUT2D eigenvalue weighted by Gasteiger charge is -2.26. The molecule has 0 fully saturated rings. The summed E-state index contributed by atoms with van der Waals surface area (Å²) < 4.78 is 0. The normalized spacial score (nSPS) is 14.2. The topological polar surface area (TPSA) is 0 Å². The highest BCUT2D eigenvalue weighted by atomic mass is 14.3. The number of aryl methyl sites for hydroxylation is 1. The molecule has 0 nitrogen and oxygen atoms in total. The lowest BCUT2D eigenvalue weighted by atomic mass is 9.79. The summed E-state index contributed by atoms with van der Waals surface area (Å²) in [5, 5.41) is 2.87. The molecule has 0 N–H and O–H groups in total. The maximum atomic E-state index is 2.42. The SMILES string of the molecule is Cc1c(C(C)(C)C)cc2c3c(cc(C(C)(C)C)cc13)C=C2. The van der Waals surface area contributed by atoms with E-state index < -0.39 is 0 Å². The number of benzene rings is 2. The van der Waals surface area contributed by atoms with Crippen LogP contribution in [-0.2, 0) is 10.8 Å². The Balaban J connectivity index is 2.43. The van der Waals surface area contributed by atoms with Gasteiger partial charge in [0.15, 0.2) is 0 Å². The van der Waals surface area contributed by atoms with Crippen molar-refractivity contribution in [2.24, 2.45) is 0 Å². The first kappa shape index (κ1) is 14.4. The summed E-state index contributed by atoms with van der Waals surface area (Å²) in [4.78, 5) is 0. The second kappa shape index (κ2) is 4.22. The molecule has 0 saturated heterocycles. The standard InChI is InChI=1S/C21H26/c1-13-17-12-16(20(2,3)4)10-14-8-9-15(19(14)17)11-18(13)21(5,6)7/h8-12H,1-7H3. The molecule has 0 heteroatoms. The van der Waals surface area contributed by atoms with Gasteiger partial charge >= 0.3 is 0 Å². The van der Waals surface area contributed by atoms with Gasteiger partial charge in [-0.3, -0.25) is 0 Å². The predicted octanol–water partition coefficient (Wildman–Crippen LogP) is 6.23. The van der Waals surface area contributed by atoms with Crippen molar-refractivity contribution in [3.8, 4) is 0 Å². The Labute approximate surface area is 128 Å². The zero-order valence-corrected chi connectivity index (χ0v) is 14.4. The van der Waals surface area contributed by atoms with Crippen LogP contribution in [0.1, 0.15) is 69.4 Å². The van der Waals surface area contributed by atoms with Crippen molar-refractivity contribution in [3.05, 3.63) is 46.0 Å². The Kier molecular flexibility index (Phi) is 2.89. The molecule has 3 rings (SSSR count). The van der Waals surface area contributed by atoms with Crippen LogP contribution in [0, 0.1) is 6.92 Å². The van der Waals surface area contributed by atoms with Gasteiger partial charge in [0.2, 0.25) is 0 Å². The summed E-state index contributed by atoms with van der Waals surface area (Å²) in [7, 11) is 0. The van der Waals surface area contributed by atoms with Crippen LogP contribution in [0.4, 0.5) is 0 Å². The molecule has 0 aliphatic heterocycles. The van der Waals surface area contributed by atoms with Crippen LogP contribution in [0.3, 0.4) is 0 Å². The lowest BCUT2D eigenvalue weighted by molar-refractivity contribution is 0.586. The summed E-state index contributed by atoms with van der Waals surface area (Å²) in [5.74, 6) is 0.